The maximum atomic E-state index is 12.6. The molecule has 0 aliphatic rings. The minimum Gasteiger partial charge on any atom is -0.497 e. The van der Waals surface area contributed by atoms with Crippen LogP contribution in [0.2, 0.25) is 0 Å². The lowest BCUT2D eigenvalue weighted by molar-refractivity contribution is -0.162. The standard InChI is InChI=1S/C22H26N2O3/c1-4-27-24(14-13-17-9-11-18(26-3)12-10-17)15-21-16(2)22(25)19-7-5-6-8-20(19)23-21/h5-12H,4,13-15H2,1-3H3,(H,23,25). The van der Waals surface area contributed by atoms with Gasteiger partial charge in [0.25, 0.3) is 0 Å². The second-order valence-electron chi connectivity index (χ2n) is 6.48. The van der Waals surface area contributed by atoms with Gasteiger partial charge in [-0.15, -0.1) is 0 Å². The van der Waals surface area contributed by atoms with E-state index in [9.17, 15) is 4.79 Å². The Labute approximate surface area is 159 Å². The molecule has 5 heteroatoms. The second-order valence-corrected chi connectivity index (χ2v) is 6.48. The Hall–Kier alpha value is -2.63. The minimum absolute atomic E-state index is 0.0750. The summed E-state index contributed by atoms with van der Waals surface area (Å²) in [7, 11) is 1.67. The number of benzene rings is 2. The molecule has 3 rings (SSSR count). The Morgan fingerprint density at radius 1 is 1.07 bits per heavy atom. The highest BCUT2D eigenvalue weighted by molar-refractivity contribution is 5.79. The summed E-state index contributed by atoms with van der Waals surface area (Å²) < 4.78 is 5.20. The van der Waals surface area contributed by atoms with Gasteiger partial charge in [0.05, 0.1) is 20.3 Å². The summed E-state index contributed by atoms with van der Waals surface area (Å²) in [6.07, 6.45) is 0.848. The Kier molecular flexibility index (Phi) is 6.27. The van der Waals surface area contributed by atoms with Crippen LogP contribution in [0, 0.1) is 6.92 Å². The molecule has 142 valence electrons. The fourth-order valence-electron chi connectivity index (χ4n) is 3.14. The molecule has 1 aromatic heterocycles. The van der Waals surface area contributed by atoms with E-state index < -0.39 is 0 Å². The molecule has 0 unspecified atom stereocenters. The maximum Gasteiger partial charge on any atom is 0.192 e. The topological polar surface area (TPSA) is 54.6 Å². The molecule has 0 aliphatic carbocycles. The third-order valence-electron chi connectivity index (χ3n) is 4.71. The molecule has 0 aliphatic heterocycles. The summed E-state index contributed by atoms with van der Waals surface area (Å²) in [4.78, 5) is 21.8. The number of aromatic amines is 1. The van der Waals surface area contributed by atoms with Crippen molar-refractivity contribution in [3.8, 4) is 5.75 Å². The zero-order chi connectivity index (χ0) is 19.2. The predicted octanol–water partition coefficient (Wildman–Crippen LogP) is 3.84. The van der Waals surface area contributed by atoms with E-state index in [0.29, 0.717) is 13.2 Å². The number of nitrogens with one attached hydrogen (secondary N) is 1. The molecule has 27 heavy (non-hydrogen) atoms. The Bertz CT molecular complexity index is 948. The normalized spacial score (nSPS) is 11.3. The fraction of sp³-hybridized carbons (Fsp3) is 0.318. The van der Waals surface area contributed by atoms with Crippen molar-refractivity contribution in [1.29, 1.82) is 0 Å². The first-order valence-electron chi connectivity index (χ1n) is 9.23. The van der Waals surface area contributed by atoms with Crippen LogP contribution in [0.25, 0.3) is 10.9 Å². The van der Waals surface area contributed by atoms with Crippen LogP contribution >= 0.6 is 0 Å². The van der Waals surface area contributed by atoms with Gasteiger partial charge >= 0.3 is 0 Å². The van der Waals surface area contributed by atoms with Gasteiger partial charge in [0.2, 0.25) is 0 Å². The molecule has 1 heterocycles. The largest absolute Gasteiger partial charge is 0.497 e. The van der Waals surface area contributed by atoms with Gasteiger partial charge in [-0.3, -0.25) is 9.63 Å². The minimum atomic E-state index is 0.0750. The van der Waals surface area contributed by atoms with Gasteiger partial charge in [0.15, 0.2) is 5.43 Å². The summed E-state index contributed by atoms with van der Waals surface area (Å²) in [5, 5.41) is 2.64. The number of rotatable bonds is 8. The monoisotopic (exact) mass is 366 g/mol. The van der Waals surface area contributed by atoms with Crippen molar-refractivity contribution in [2.75, 3.05) is 20.3 Å². The Balaban J connectivity index is 1.76. The number of H-pyrrole nitrogens is 1. The number of fused-ring (bicyclic) bond motifs is 1. The SMILES string of the molecule is CCON(CCc1ccc(OC)cc1)Cc1[nH]c2ccccc2c(=O)c1C. The van der Waals surface area contributed by atoms with Crippen LogP contribution in [-0.2, 0) is 17.8 Å². The lowest BCUT2D eigenvalue weighted by atomic mass is 10.1. The van der Waals surface area contributed by atoms with Crippen LogP contribution in [0.3, 0.4) is 0 Å². The number of hydrogen-bond acceptors (Lipinski definition) is 4. The van der Waals surface area contributed by atoms with E-state index in [4.69, 9.17) is 9.57 Å². The summed E-state index contributed by atoms with van der Waals surface area (Å²) in [6, 6.07) is 15.7. The fourth-order valence-corrected chi connectivity index (χ4v) is 3.14. The summed E-state index contributed by atoms with van der Waals surface area (Å²) in [5.41, 5.74) is 3.77. The molecule has 0 saturated heterocycles. The number of pyridine rings is 1. The second kappa shape index (κ2) is 8.84. The lowest BCUT2D eigenvalue weighted by Gasteiger charge is -2.22. The van der Waals surface area contributed by atoms with E-state index in [0.717, 1.165) is 40.9 Å². The first-order valence-corrected chi connectivity index (χ1v) is 9.23. The average Bonchev–Trinajstić information content (AvgIpc) is 2.70. The lowest BCUT2D eigenvalue weighted by Crippen LogP contribution is -2.28. The first-order chi connectivity index (χ1) is 13.1. The smallest absolute Gasteiger partial charge is 0.192 e. The van der Waals surface area contributed by atoms with E-state index in [1.807, 2.05) is 55.3 Å². The van der Waals surface area contributed by atoms with Gasteiger partial charge in [0, 0.05) is 28.7 Å². The highest BCUT2D eigenvalue weighted by atomic mass is 16.7. The molecule has 0 atom stereocenters. The van der Waals surface area contributed by atoms with Crippen molar-refractivity contribution in [2.45, 2.75) is 26.8 Å². The molecule has 0 fully saturated rings. The van der Waals surface area contributed by atoms with Crippen molar-refractivity contribution >= 4 is 10.9 Å². The van der Waals surface area contributed by atoms with Crippen LogP contribution in [0.4, 0.5) is 0 Å². The summed E-state index contributed by atoms with van der Waals surface area (Å²) >= 11 is 0. The summed E-state index contributed by atoms with van der Waals surface area (Å²) in [6.45, 7) is 5.69. The van der Waals surface area contributed by atoms with Gasteiger partial charge < -0.3 is 9.72 Å². The Morgan fingerprint density at radius 2 is 1.81 bits per heavy atom. The van der Waals surface area contributed by atoms with Crippen LogP contribution in [-0.4, -0.2) is 30.3 Å². The number of aromatic nitrogens is 1. The number of hydrogen-bond donors (Lipinski definition) is 1. The van der Waals surface area contributed by atoms with Gasteiger partial charge in [0.1, 0.15) is 5.75 Å². The van der Waals surface area contributed by atoms with Crippen molar-refractivity contribution in [3.63, 3.8) is 0 Å². The molecule has 0 spiro atoms. The predicted molar refractivity (Wildman–Crippen MR) is 108 cm³/mol. The highest BCUT2D eigenvalue weighted by Crippen LogP contribution is 2.15. The first kappa shape index (κ1) is 19.1. The van der Waals surface area contributed by atoms with E-state index in [1.165, 1.54) is 5.56 Å². The molecule has 0 amide bonds. The number of hydroxylamine groups is 2. The van der Waals surface area contributed by atoms with Crippen LogP contribution in [0.15, 0.2) is 53.3 Å². The van der Waals surface area contributed by atoms with Crippen molar-refractivity contribution in [1.82, 2.24) is 10.0 Å². The zero-order valence-corrected chi connectivity index (χ0v) is 16.1. The molecule has 2 aromatic carbocycles. The van der Waals surface area contributed by atoms with E-state index in [1.54, 1.807) is 7.11 Å². The van der Waals surface area contributed by atoms with Crippen molar-refractivity contribution in [2.24, 2.45) is 0 Å². The van der Waals surface area contributed by atoms with Crippen LogP contribution in [0.1, 0.15) is 23.7 Å². The number of nitrogens with zero attached hydrogens (tertiary/aromatic N) is 1. The quantitative estimate of drug-likeness (QED) is 0.616. The van der Waals surface area contributed by atoms with Crippen molar-refractivity contribution < 1.29 is 9.57 Å². The molecule has 0 radical (unpaired) electrons. The Morgan fingerprint density at radius 3 is 2.52 bits per heavy atom. The van der Waals surface area contributed by atoms with E-state index in [2.05, 4.69) is 17.1 Å². The van der Waals surface area contributed by atoms with Gasteiger partial charge in [-0.2, -0.15) is 5.06 Å². The molecule has 5 nitrogen and oxygen atoms in total. The van der Waals surface area contributed by atoms with E-state index >= 15 is 0 Å². The van der Waals surface area contributed by atoms with Gasteiger partial charge in [-0.05, 0) is 50.1 Å². The maximum absolute atomic E-state index is 12.6. The zero-order valence-electron chi connectivity index (χ0n) is 16.1. The molecule has 0 saturated carbocycles. The van der Waals surface area contributed by atoms with E-state index in [-0.39, 0.29) is 5.43 Å². The molecule has 0 bridgehead atoms. The third-order valence-corrected chi connectivity index (χ3v) is 4.71. The number of para-hydroxylation sites is 1. The summed E-state index contributed by atoms with van der Waals surface area (Å²) in [5.74, 6) is 0.852. The molecule has 3 aromatic rings. The number of ether oxygens (including phenoxy) is 1. The third kappa shape index (κ3) is 4.56. The number of methoxy groups -OCH3 is 1. The van der Waals surface area contributed by atoms with Crippen LogP contribution < -0.4 is 10.2 Å². The van der Waals surface area contributed by atoms with Crippen molar-refractivity contribution in [3.05, 3.63) is 75.6 Å². The average molecular weight is 366 g/mol. The highest BCUT2D eigenvalue weighted by Gasteiger charge is 2.13. The van der Waals surface area contributed by atoms with Gasteiger partial charge in [-0.1, -0.05) is 24.3 Å². The molecule has 1 N–H and O–H groups in total. The van der Waals surface area contributed by atoms with Crippen LogP contribution in [0.5, 0.6) is 5.75 Å². The van der Waals surface area contributed by atoms with Gasteiger partial charge in [-0.25, -0.2) is 0 Å². The molecular weight excluding hydrogens is 340 g/mol. The molecular formula is C22H26N2O3.